The molecule has 0 unspecified atom stereocenters. The van der Waals surface area contributed by atoms with Gasteiger partial charge in [-0.3, -0.25) is 9.78 Å². The molecule has 0 saturated carbocycles. The van der Waals surface area contributed by atoms with Gasteiger partial charge in [0, 0.05) is 43.4 Å². The summed E-state index contributed by atoms with van der Waals surface area (Å²) < 4.78 is 5.85. The fraction of sp³-hybridized carbons (Fsp3) is 0.261. The Bertz CT molecular complexity index is 926. The van der Waals surface area contributed by atoms with Crippen molar-refractivity contribution in [2.45, 2.75) is 25.5 Å². The fourth-order valence-electron chi connectivity index (χ4n) is 3.49. The number of nitrogens with one attached hydrogen (secondary N) is 1. The summed E-state index contributed by atoms with van der Waals surface area (Å²) in [5.74, 6) is 0.303. The number of rotatable bonds is 6. The van der Waals surface area contributed by atoms with Crippen molar-refractivity contribution in [2.75, 3.05) is 18.0 Å². The van der Waals surface area contributed by atoms with Crippen LogP contribution in [-0.2, 0) is 6.61 Å². The maximum absolute atomic E-state index is 12.8. The molecule has 6 heteroatoms. The molecule has 1 fully saturated rings. The molecule has 0 bridgehead atoms. The van der Waals surface area contributed by atoms with E-state index in [0.717, 1.165) is 31.5 Å². The Morgan fingerprint density at radius 3 is 2.52 bits per heavy atom. The first-order valence-electron chi connectivity index (χ1n) is 9.87. The monoisotopic (exact) mass is 388 g/mol. The zero-order valence-electron chi connectivity index (χ0n) is 16.2. The first-order chi connectivity index (χ1) is 14.3. The minimum atomic E-state index is -0.187. The third-order valence-corrected chi connectivity index (χ3v) is 5.08. The topological polar surface area (TPSA) is 67.4 Å². The third kappa shape index (κ3) is 4.90. The van der Waals surface area contributed by atoms with Crippen LogP contribution in [0.2, 0.25) is 0 Å². The highest BCUT2D eigenvalue weighted by molar-refractivity contribution is 5.95. The molecular formula is C23H24N4O2. The van der Waals surface area contributed by atoms with Crippen molar-refractivity contribution in [2.24, 2.45) is 0 Å². The molecule has 0 atom stereocenters. The van der Waals surface area contributed by atoms with Gasteiger partial charge in [0.15, 0.2) is 11.4 Å². The molecule has 4 rings (SSSR count). The van der Waals surface area contributed by atoms with Gasteiger partial charge in [-0.1, -0.05) is 18.2 Å². The molecule has 3 heterocycles. The van der Waals surface area contributed by atoms with Gasteiger partial charge in [-0.15, -0.1) is 0 Å². The average molecular weight is 388 g/mol. The van der Waals surface area contributed by atoms with Crippen molar-refractivity contribution >= 4 is 11.6 Å². The predicted molar refractivity (Wildman–Crippen MR) is 112 cm³/mol. The second kappa shape index (κ2) is 9.19. The molecule has 1 saturated heterocycles. The molecule has 1 aliphatic rings. The lowest BCUT2D eigenvalue weighted by atomic mass is 10.0. The second-order valence-corrected chi connectivity index (χ2v) is 7.06. The minimum absolute atomic E-state index is 0.137. The molecule has 148 valence electrons. The van der Waals surface area contributed by atoms with Crippen LogP contribution in [0.1, 0.15) is 28.9 Å². The molecule has 1 N–H and O–H groups in total. The summed E-state index contributed by atoms with van der Waals surface area (Å²) >= 11 is 0. The SMILES string of the molecule is O=C(NC1CCN(c2ccccc2)CC1)c1ncccc1OCc1ccncc1. The van der Waals surface area contributed by atoms with Crippen LogP contribution in [0.3, 0.4) is 0 Å². The van der Waals surface area contributed by atoms with Gasteiger partial charge in [-0.25, -0.2) is 4.98 Å². The maximum atomic E-state index is 12.8. The number of hydrogen-bond donors (Lipinski definition) is 1. The van der Waals surface area contributed by atoms with Crippen LogP contribution in [0, 0.1) is 0 Å². The molecule has 2 aromatic heterocycles. The van der Waals surface area contributed by atoms with E-state index in [2.05, 4.69) is 44.5 Å². The Kier molecular flexibility index (Phi) is 6.00. The van der Waals surface area contributed by atoms with Crippen molar-refractivity contribution in [3.05, 3.63) is 84.4 Å². The molecule has 1 amide bonds. The molecule has 6 nitrogen and oxygen atoms in total. The van der Waals surface area contributed by atoms with Crippen LogP contribution >= 0.6 is 0 Å². The van der Waals surface area contributed by atoms with Gasteiger partial charge >= 0.3 is 0 Å². The van der Waals surface area contributed by atoms with E-state index in [-0.39, 0.29) is 11.9 Å². The van der Waals surface area contributed by atoms with E-state index in [1.165, 1.54) is 5.69 Å². The molecule has 0 aliphatic carbocycles. The Balaban J connectivity index is 1.34. The summed E-state index contributed by atoms with van der Waals surface area (Å²) in [6.07, 6.45) is 6.86. The summed E-state index contributed by atoms with van der Waals surface area (Å²) in [4.78, 5) is 23.4. The fourth-order valence-corrected chi connectivity index (χ4v) is 3.49. The van der Waals surface area contributed by atoms with Crippen molar-refractivity contribution in [1.29, 1.82) is 0 Å². The lowest BCUT2D eigenvalue weighted by Gasteiger charge is -2.34. The number of hydrogen-bond acceptors (Lipinski definition) is 5. The number of para-hydroxylation sites is 1. The molecule has 1 aliphatic heterocycles. The second-order valence-electron chi connectivity index (χ2n) is 7.06. The van der Waals surface area contributed by atoms with Crippen LogP contribution in [0.15, 0.2) is 73.2 Å². The summed E-state index contributed by atoms with van der Waals surface area (Å²) in [7, 11) is 0. The number of pyridine rings is 2. The van der Waals surface area contributed by atoms with Gasteiger partial charge in [-0.2, -0.15) is 0 Å². The van der Waals surface area contributed by atoms with Gasteiger partial charge in [0.25, 0.3) is 5.91 Å². The number of nitrogens with zero attached hydrogens (tertiary/aromatic N) is 3. The highest BCUT2D eigenvalue weighted by atomic mass is 16.5. The third-order valence-electron chi connectivity index (χ3n) is 5.08. The summed E-state index contributed by atoms with van der Waals surface area (Å²) in [6.45, 7) is 2.20. The number of amides is 1. The Morgan fingerprint density at radius 1 is 1.00 bits per heavy atom. The first-order valence-corrected chi connectivity index (χ1v) is 9.87. The standard InChI is InChI=1S/C23H24N4O2/c28-23(26-19-10-15-27(16-11-19)20-5-2-1-3-6-20)22-21(7-4-12-25-22)29-17-18-8-13-24-14-9-18/h1-9,12-14,19H,10-11,15-17H2,(H,26,28). The normalized spacial score (nSPS) is 14.4. The lowest BCUT2D eigenvalue weighted by Crippen LogP contribution is -2.45. The smallest absolute Gasteiger partial charge is 0.273 e. The highest BCUT2D eigenvalue weighted by Crippen LogP contribution is 2.21. The number of carbonyl (C=O) groups is 1. The Hall–Kier alpha value is -3.41. The molecule has 0 spiro atoms. The van der Waals surface area contributed by atoms with Crippen LogP contribution in [0.25, 0.3) is 0 Å². The van der Waals surface area contributed by atoms with E-state index in [1.54, 1.807) is 30.7 Å². The van der Waals surface area contributed by atoms with Gasteiger partial charge in [0.2, 0.25) is 0 Å². The number of carbonyl (C=O) groups excluding carboxylic acids is 1. The van der Waals surface area contributed by atoms with Gasteiger partial charge in [0.05, 0.1) is 0 Å². The first kappa shape index (κ1) is 18.9. The van der Waals surface area contributed by atoms with E-state index in [0.29, 0.717) is 18.1 Å². The van der Waals surface area contributed by atoms with Crippen LogP contribution in [-0.4, -0.2) is 35.0 Å². The Morgan fingerprint density at radius 2 is 1.76 bits per heavy atom. The molecule has 1 aromatic carbocycles. The van der Waals surface area contributed by atoms with Crippen LogP contribution in [0.5, 0.6) is 5.75 Å². The quantitative estimate of drug-likeness (QED) is 0.701. The Labute approximate surface area is 170 Å². The van der Waals surface area contributed by atoms with Crippen molar-refractivity contribution in [3.63, 3.8) is 0 Å². The number of aromatic nitrogens is 2. The molecular weight excluding hydrogens is 364 g/mol. The molecule has 0 radical (unpaired) electrons. The number of ether oxygens (including phenoxy) is 1. The lowest BCUT2D eigenvalue weighted by molar-refractivity contribution is 0.0921. The zero-order valence-corrected chi connectivity index (χ0v) is 16.2. The highest BCUT2D eigenvalue weighted by Gasteiger charge is 2.23. The number of piperidine rings is 1. The van der Waals surface area contributed by atoms with E-state index in [1.807, 2.05) is 18.2 Å². The average Bonchev–Trinajstić information content (AvgIpc) is 2.80. The van der Waals surface area contributed by atoms with Crippen LogP contribution in [0.4, 0.5) is 5.69 Å². The predicted octanol–water partition coefficient (Wildman–Crippen LogP) is 3.45. The molecule has 3 aromatic rings. The number of benzene rings is 1. The minimum Gasteiger partial charge on any atom is -0.486 e. The number of anilines is 1. The summed E-state index contributed by atoms with van der Waals surface area (Å²) in [5.41, 5.74) is 2.55. The van der Waals surface area contributed by atoms with E-state index in [9.17, 15) is 4.79 Å². The molecule has 29 heavy (non-hydrogen) atoms. The van der Waals surface area contributed by atoms with Gasteiger partial charge in [-0.05, 0) is 54.8 Å². The van der Waals surface area contributed by atoms with E-state index in [4.69, 9.17) is 4.74 Å². The summed E-state index contributed by atoms with van der Waals surface area (Å²) in [5, 5.41) is 3.13. The van der Waals surface area contributed by atoms with Gasteiger partial charge in [0.1, 0.15) is 6.61 Å². The zero-order chi connectivity index (χ0) is 19.9. The van der Waals surface area contributed by atoms with Crippen LogP contribution < -0.4 is 15.0 Å². The van der Waals surface area contributed by atoms with E-state index >= 15 is 0 Å². The summed E-state index contributed by atoms with van der Waals surface area (Å²) in [6, 6.07) is 17.8. The van der Waals surface area contributed by atoms with Crippen molar-refractivity contribution in [1.82, 2.24) is 15.3 Å². The van der Waals surface area contributed by atoms with Crippen molar-refractivity contribution in [3.8, 4) is 5.75 Å². The maximum Gasteiger partial charge on any atom is 0.273 e. The van der Waals surface area contributed by atoms with E-state index < -0.39 is 0 Å². The van der Waals surface area contributed by atoms with Gasteiger partial charge < -0.3 is 15.0 Å². The largest absolute Gasteiger partial charge is 0.486 e. The van der Waals surface area contributed by atoms with Crippen molar-refractivity contribution < 1.29 is 9.53 Å².